The van der Waals surface area contributed by atoms with Crippen molar-refractivity contribution in [2.24, 2.45) is 0 Å². The Morgan fingerprint density at radius 2 is 1.88 bits per heavy atom. The van der Waals surface area contributed by atoms with Crippen LogP contribution in [-0.4, -0.2) is 23.2 Å². The van der Waals surface area contributed by atoms with Crippen molar-refractivity contribution >= 4 is 5.97 Å². The van der Waals surface area contributed by atoms with Gasteiger partial charge in [-0.2, -0.15) is 0 Å². The SMILES string of the molecule is Cc1nccc(OC(C)C)c1C(=O)OC(C)C. The molecule has 0 saturated heterocycles. The van der Waals surface area contributed by atoms with E-state index in [0.29, 0.717) is 17.0 Å². The normalized spacial score (nSPS) is 10.8. The molecule has 17 heavy (non-hydrogen) atoms. The first kappa shape index (κ1) is 13.5. The van der Waals surface area contributed by atoms with Gasteiger partial charge in [-0.25, -0.2) is 4.79 Å². The molecule has 1 heterocycles. The van der Waals surface area contributed by atoms with Crippen LogP contribution in [0.2, 0.25) is 0 Å². The molecule has 0 atom stereocenters. The second-order valence-electron chi connectivity index (χ2n) is 4.39. The molecule has 0 unspecified atom stereocenters. The molecule has 1 aromatic rings. The van der Waals surface area contributed by atoms with Gasteiger partial charge in [0.2, 0.25) is 0 Å². The molecule has 0 aliphatic rings. The molecule has 4 nitrogen and oxygen atoms in total. The van der Waals surface area contributed by atoms with Crippen LogP contribution in [-0.2, 0) is 4.74 Å². The number of carbonyl (C=O) groups excluding carboxylic acids is 1. The summed E-state index contributed by atoms with van der Waals surface area (Å²) in [5, 5.41) is 0. The lowest BCUT2D eigenvalue weighted by atomic mass is 10.2. The van der Waals surface area contributed by atoms with E-state index < -0.39 is 0 Å². The average Bonchev–Trinajstić information content (AvgIpc) is 2.14. The lowest BCUT2D eigenvalue weighted by molar-refractivity contribution is 0.0370. The fourth-order valence-corrected chi connectivity index (χ4v) is 1.42. The first-order valence-electron chi connectivity index (χ1n) is 5.75. The van der Waals surface area contributed by atoms with E-state index in [9.17, 15) is 4.79 Å². The largest absolute Gasteiger partial charge is 0.490 e. The second-order valence-corrected chi connectivity index (χ2v) is 4.39. The van der Waals surface area contributed by atoms with Gasteiger partial charge < -0.3 is 9.47 Å². The van der Waals surface area contributed by atoms with Crippen LogP contribution in [0.1, 0.15) is 43.7 Å². The molecule has 0 aliphatic heterocycles. The molecule has 0 amide bonds. The molecular weight excluding hydrogens is 218 g/mol. The van der Waals surface area contributed by atoms with Crippen LogP contribution >= 0.6 is 0 Å². The topological polar surface area (TPSA) is 48.4 Å². The average molecular weight is 237 g/mol. The molecule has 0 spiro atoms. The van der Waals surface area contributed by atoms with E-state index in [-0.39, 0.29) is 18.2 Å². The summed E-state index contributed by atoms with van der Waals surface area (Å²) in [5.74, 6) is 0.138. The first-order chi connectivity index (χ1) is 7.91. The highest BCUT2D eigenvalue weighted by molar-refractivity contribution is 5.93. The number of aryl methyl sites for hydroxylation is 1. The van der Waals surface area contributed by atoms with Crippen molar-refractivity contribution in [3.05, 3.63) is 23.5 Å². The Morgan fingerprint density at radius 3 is 2.41 bits per heavy atom. The van der Waals surface area contributed by atoms with Gasteiger partial charge in [-0.1, -0.05) is 0 Å². The third kappa shape index (κ3) is 3.73. The van der Waals surface area contributed by atoms with Crippen molar-refractivity contribution in [1.82, 2.24) is 4.98 Å². The van der Waals surface area contributed by atoms with Gasteiger partial charge in [0.1, 0.15) is 11.3 Å². The van der Waals surface area contributed by atoms with Crippen LogP contribution in [0.3, 0.4) is 0 Å². The fraction of sp³-hybridized carbons (Fsp3) is 0.538. The maximum atomic E-state index is 11.9. The Hall–Kier alpha value is -1.58. The van der Waals surface area contributed by atoms with E-state index >= 15 is 0 Å². The van der Waals surface area contributed by atoms with E-state index in [4.69, 9.17) is 9.47 Å². The number of rotatable bonds is 4. The van der Waals surface area contributed by atoms with Crippen molar-refractivity contribution in [1.29, 1.82) is 0 Å². The third-order valence-electron chi connectivity index (χ3n) is 2.01. The van der Waals surface area contributed by atoms with Gasteiger partial charge in [-0.15, -0.1) is 0 Å². The van der Waals surface area contributed by atoms with Gasteiger partial charge in [0.15, 0.2) is 0 Å². The molecule has 0 fully saturated rings. The van der Waals surface area contributed by atoms with E-state index in [1.165, 1.54) is 0 Å². The molecule has 0 radical (unpaired) electrons. The molecule has 0 aromatic carbocycles. The maximum absolute atomic E-state index is 11.9. The van der Waals surface area contributed by atoms with Crippen LogP contribution in [0.25, 0.3) is 0 Å². The Balaban J connectivity index is 3.06. The van der Waals surface area contributed by atoms with Crippen molar-refractivity contribution in [2.45, 2.75) is 46.8 Å². The minimum atomic E-state index is -0.388. The molecule has 1 rings (SSSR count). The molecule has 0 aliphatic carbocycles. The van der Waals surface area contributed by atoms with E-state index in [1.807, 2.05) is 27.7 Å². The molecule has 94 valence electrons. The van der Waals surface area contributed by atoms with Gasteiger partial charge >= 0.3 is 5.97 Å². The molecular formula is C13H19NO3. The van der Waals surface area contributed by atoms with E-state index in [0.717, 1.165) is 0 Å². The zero-order chi connectivity index (χ0) is 13.0. The second kappa shape index (κ2) is 5.66. The predicted octanol–water partition coefficient (Wildman–Crippen LogP) is 2.74. The van der Waals surface area contributed by atoms with Crippen molar-refractivity contribution < 1.29 is 14.3 Å². The number of esters is 1. The number of hydrogen-bond donors (Lipinski definition) is 0. The highest BCUT2D eigenvalue weighted by Crippen LogP contribution is 2.22. The standard InChI is InChI=1S/C13H19NO3/c1-8(2)16-11-6-7-14-10(5)12(11)13(15)17-9(3)4/h6-9H,1-5H3. The van der Waals surface area contributed by atoms with Crippen LogP contribution in [0.5, 0.6) is 5.75 Å². The molecule has 4 heteroatoms. The van der Waals surface area contributed by atoms with Crippen molar-refractivity contribution in [2.75, 3.05) is 0 Å². The molecule has 0 saturated carbocycles. The first-order valence-corrected chi connectivity index (χ1v) is 5.75. The monoisotopic (exact) mass is 237 g/mol. The Bertz CT molecular complexity index is 400. The summed E-state index contributed by atoms with van der Waals surface area (Å²) in [5.41, 5.74) is 1.03. The number of hydrogen-bond acceptors (Lipinski definition) is 4. The summed E-state index contributed by atoms with van der Waals surface area (Å²) in [6, 6.07) is 1.68. The molecule has 1 aromatic heterocycles. The minimum absolute atomic E-state index is 0.00222. The summed E-state index contributed by atoms with van der Waals surface area (Å²) < 4.78 is 10.8. The summed E-state index contributed by atoms with van der Waals surface area (Å²) in [4.78, 5) is 16.0. The van der Waals surface area contributed by atoms with E-state index in [2.05, 4.69) is 4.98 Å². The van der Waals surface area contributed by atoms with Gasteiger partial charge in [0.05, 0.1) is 17.9 Å². The van der Waals surface area contributed by atoms with Crippen molar-refractivity contribution in [3.8, 4) is 5.75 Å². The van der Waals surface area contributed by atoms with Crippen LogP contribution < -0.4 is 4.74 Å². The van der Waals surface area contributed by atoms with Gasteiger partial charge in [-0.3, -0.25) is 4.98 Å². The number of pyridine rings is 1. The summed E-state index contributed by atoms with van der Waals surface area (Å²) >= 11 is 0. The number of aromatic nitrogens is 1. The van der Waals surface area contributed by atoms with Gasteiger partial charge in [0.25, 0.3) is 0 Å². The van der Waals surface area contributed by atoms with Gasteiger partial charge in [-0.05, 0) is 40.7 Å². The Labute approximate surface area is 102 Å². The zero-order valence-electron chi connectivity index (χ0n) is 11.0. The highest BCUT2D eigenvalue weighted by atomic mass is 16.5. The third-order valence-corrected chi connectivity index (χ3v) is 2.01. The highest BCUT2D eigenvalue weighted by Gasteiger charge is 2.19. The minimum Gasteiger partial charge on any atom is -0.490 e. The quantitative estimate of drug-likeness (QED) is 0.755. The summed E-state index contributed by atoms with van der Waals surface area (Å²) in [7, 11) is 0. The van der Waals surface area contributed by atoms with Gasteiger partial charge in [0, 0.05) is 6.20 Å². The number of nitrogens with zero attached hydrogens (tertiary/aromatic N) is 1. The van der Waals surface area contributed by atoms with Crippen LogP contribution in [0.15, 0.2) is 12.3 Å². The van der Waals surface area contributed by atoms with Crippen LogP contribution in [0, 0.1) is 6.92 Å². The van der Waals surface area contributed by atoms with Crippen LogP contribution in [0.4, 0.5) is 0 Å². The lowest BCUT2D eigenvalue weighted by Gasteiger charge is -2.15. The predicted molar refractivity (Wildman–Crippen MR) is 65.3 cm³/mol. The Morgan fingerprint density at radius 1 is 1.24 bits per heavy atom. The summed E-state index contributed by atoms with van der Waals surface area (Å²) in [6.07, 6.45) is 1.47. The fourth-order valence-electron chi connectivity index (χ4n) is 1.42. The molecule has 0 N–H and O–H groups in total. The van der Waals surface area contributed by atoms with E-state index in [1.54, 1.807) is 19.2 Å². The maximum Gasteiger partial charge on any atom is 0.344 e. The summed E-state index contributed by atoms with van der Waals surface area (Å²) in [6.45, 7) is 9.21. The van der Waals surface area contributed by atoms with Crippen molar-refractivity contribution in [3.63, 3.8) is 0 Å². The number of ether oxygens (including phenoxy) is 2. The number of carbonyl (C=O) groups is 1. The molecule has 0 bridgehead atoms. The zero-order valence-corrected chi connectivity index (χ0v) is 11.0. The lowest BCUT2D eigenvalue weighted by Crippen LogP contribution is -2.16. The Kier molecular flexibility index (Phi) is 4.49. The smallest absolute Gasteiger partial charge is 0.344 e.